The molecule has 1 aliphatic rings. The molecular formula is C17H28O2. The summed E-state index contributed by atoms with van der Waals surface area (Å²) in [5.74, 6) is 0. The van der Waals surface area contributed by atoms with E-state index in [-0.39, 0.29) is 17.8 Å². The zero-order valence-electron chi connectivity index (χ0n) is 13.2. The lowest BCUT2D eigenvalue weighted by Gasteiger charge is -2.25. The van der Waals surface area contributed by atoms with E-state index in [2.05, 4.69) is 52.5 Å². The van der Waals surface area contributed by atoms with E-state index in [1.807, 2.05) is 6.92 Å². The Morgan fingerprint density at radius 3 is 2.53 bits per heavy atom. The maximum Gasteiger partial charge on any atom is 0.167 e. The van der Waals surface area contributed by atoms with E-state index in [1.165, 1.54) is 11.1 Å². The Kier molecular flexibility index (Phi) is 6.06. The van der Waals surface area contributed by atoms with E-state index in [0.29, 0.717) is 6.61 Å². The van der Waals surface area contributed by atoms with Gasteiger partial charge in [0.25, 0.3) is 0 Å². The van der Waals surface area contributed by atoms with Crippen LogP contribution in [0.15, 0.2) is 29.0 Å². The van der Waals surface area contributed by atoms with Gasteiger partial charge in [0.2, 0.25) is 0 Å². The molecule has 2 nitrogen and oxygen atoms in total. The highest BCUT2D eigenvalue weighted by molar-refractivity contribution is 5.06. The van der Waals surface area contributed by atoms with Gasteiger partial charge < -0.3 is 9.47 Å². The summed E-state index contributed by atoms with van der Waals surface area (Å²) >= 11 is 0. The van der Waals surface area contributed by atoms with Gasteiger partial charge in [-0.1, -0.05) is 25.5 Å². The maximum absolute atomic E-state index is 5.76. The van der Waals surface area contributed by atoms with Crippen LogP contribution in [-0.2, 0) is 9.47 Å². The summed E-state index contributed by atoms with van der Waals surface area (Å²) in [7, 11) is 0. The van der Waals surface area contributed by atoms with Crippen LogP contribution >= 0.6 is 0 Å². The molecular weight excluding hydrogens is 236 g/mol. The predicted molar refractivity (Wildman–Crippen MR) is 80.0 cm³/mol. The SMILES string of the molecule is CC(=C=CC(C)(C)[C@@H]1OC[C@@H](C)O1)CCC=C(C)C. The fraction of sp³-hybridized carbons (Fsp3) is 0.706. The first kappa shape index (κ1) is 16.2. The third-order valence-electron chi connectivity index (χ3n) is 3.21. The van der Waals surface area contributed by atoms with Crippen molar-refractivity contribution in [2.24, 2.45) is 5.41 Å². The van der Waals surface area contributed by atoms with Crippen molar-refractivity contribution in [2.75, 3.05) is 6.61 Å². The molecule has 1 rings (SSSR count). The molecule has 1 heterocycles. The zero-order chi connectivity index (χ0) is 14.5. The molecule has 1 fully saturated rings. The number of hydrogen-bond donors (Lipinski definition) is 0. The van der Waals surface area contributed by atoms with Gasteiger partial charge in [-0.2, -0.15) is 0 Å². The monoisotopic (exact) mass is 264 g/mol. The van der Waals surface area contributed by atoms with Gasteiger partial charge in [0, 0.05) is 5.41 Å². The largest absolute Gasteiger partial charge is 0.349 e. The van der Waals surface area contributed by atoms with Gasteiger partial charge in [-0.3, -0.25) is 0 Å². The van der Waals surface area contributed by atoms with Crippen molar-refractivity contribution in [1.29, 1.82) is 0 Å². The lowest BCUT2D eigenvalue weighted by molar-refractivity contribution is -0.111. The standard InChI is InChI=1S/C17H28O2/c1-13(2)8-7-9-14(3)10-11-17(5,6)16-18-12-15(4)19-16/h8,11,15-16H,7,9,12H2,1-6H3/t10?,15-,16-/m1/s1. The Labute approximate surface area is 118 Å². The molecule has 2 atom stereocenters. The van der Waals surface area contributed by atoms with E-state index >= 15 is 0 Å². The van der Waals surface area contributed by atoms with Crippen molar-refractivity contribution in [3.05, 3.63) is 29.0 Å². The molecule has 0 aliphatic carbocycles. The summed E-state index contributed by atoms with van der Waals surface area (Å²) in [4.78, 5) is 0. The van der Waals surface area contributed by atoms with Gasteiger partial charge >= 0.3 is 0 Å². The summed E-state index contributed by atoms with van der Waals surface area (Å²) in [5.41, 5.74) is 5.90. The van der Waals surface area contributed by atoms with Crippen molar-refractivity contribution < 1.29 is 9.47 Å². The van der Waals surface area contributed by atoms with E-state index in [9.17, 15) is 0 Å². The molecule has 0 bridgehead atoms. The van der Waals surface area contributed by atoms with Crippen LogP contribution < -0.4 is 0 Å². The zero-order valence-corrected chi connectivity index (χ0v) is 13.2. The van der Waals surface area contributed by atoms with E-state index in [1.54, 1.807) is 0 Å². The summed E-state index contributed by atoms with van der Waals surface area (Å²) in [6.45, 7) is 13.4. The summed E-state index contributed by atoms with van der Waals surface area (Å²) < 4.78 is 11.4. The first-order chi connectivity index (χ1) is 8.81. The van der Waals surface area contributed by atoms with Crippen LogP contribution in [0.25, 0.3) is 0 Å². The van der Waals surface area contributed by atoms with E-state index in [4.69, 9.17) is 9.47 Å². The van der Waals surface area contributed by atoms with Gasteiger partial charge in [-0.25, -0.2) is 0 Å². The molecule has 0 N–H and O–H groups in total. The minimum absolute atomic E-state index is 0.136. The summed E-state index contributed by atoms with van der Waals surface area (Å²) in [5, 5.41) is 0. The van der Waals surface area contributed by atoms with E-state index < -0.39 is 0 Å². The first-order valence-corrected chi connectivity index (χ1v) is 7.15. The van der Waals surface area contributed by atoms with Crippen LogP contribution in [0.3, 0.4) is 0 Å². The van der Waals surface area contributed by atoms with Crippen LogP contribution in [0.2, 0.25) is 0 Å². The number of ether oxygens (including phenoxy) is 2. The van der Waals surface area contributed by atoms with Gasteiger partial charge in [0.15, 0.2) is 6.29 Å². The van der Waals surface area contributed by atoms with Crippen LogP contribution in [0.1, 0.15) is 54.4 Å². The Morgan fingerprint density at radius 2 is 2.00 bits per heavy atom. The molecule has 0 aromatic rings. The van der Waals surface area contributed by atoms with Crippen LogP contribution in [0.5, 0.6) is 0 Å². The second kappa shape index (κ2) is 7.09. The topological polar surface area (TPSA) is 18.5 Å². The minimum atomic E-state index is -0.152. The number of allylic oxidation sites excluding steroid dienone is 2. The Hall–Kier alpha value is -0.820. The fourth-order valence-corrected chi connectivity index (χ4v) is 1.93. The van der Waals surface area contributed by atoms with Crippen LogP contribution in [0, 0.1) is 5.41 Å². The Morgan fingerprint density at radius 1 is 1.32 bits per heavy atom. The Bertz CT molecular complexity index is 380. The van der Waals surface area contributed by atoms with Crippen molar-refractivity contribution in [1.82, 2.24) is 0 Å². The van der Waals surface area contributed by atoms with E-state index in [0.717, 1.165) is 12.8 Å². The molecule has 19 heavy (non-hydrogen) atoms. The average Bonchev–Trinajstić information content (AvgIpc) is 2.74. The Balaban J connectivity index is 2.59. The number of hydrogen-bond acceptors (Lipinski definition) is 2. The van der Waals surface area contributed by atoms with Gasteiger partial charge in [0.05, 0.1) is 12.7 Å². The van der Waals surface area contributed by atoms with Crippen molar-refractivity contribution in [3.8, 4) is 0 Å². The van der Waals surface area contributed by atoms with Gasteiger partial charge in [-0.15, -0.1) is 5.73 Å². The summed E-state index contributed by atoms with van der Waals surface area (Å²) in [6, 6.07) is 0. The van der Waals surface area contributed by atoms with Crippen molar-refractivity contribution in [2.45, 2.75) is 66.8 Å². The molecule has 0 aromatic heterocycles. The van der Waals surface area contributed by atoms with Gasteiger partial charge in [0.1, 0.15) is 0 Å². The number of rotatable bonds is 5. The molecule has 1 aliphatic heterocycles. The first-order valence-electron chi connectivity index (χ1n) is 7.15. The van der Waals surface area contributed by atoms with Crippen LogP contribution in [-0.4, -0.2) is 19.0 Å². The second-order valence-electron chi connectivity index (χ2n) is 6.32. The summed E-state index contributed by atoms with van der Waals surface area (Å²) in [6.07, 6.45) is 6.54. The molecule has 0 amide bonds. The minimum Gasteiger partial charge on any atom is -0.349 e. The van der Waals surface area contributed by atoms with Crippen molar-refractivity contribution in [3.63, 3.8) is 0 Å². The molecule has 0 spiro atoms. The lowest BCUT2D eigenvalue weighted by Crippen LogP contribution is -2.28. The molecule has 0 aromatic carbocycles. The lowest BCUT2D eigenvalue weighted by atomic mass is 9.92. The maximum atomic E-state index is 5.76. The second-order valence-corrected chi connectivity index (χ2v) is 6.32. The normalized spacial score (nSPS) is 22.8. The molecule has 1 saturated heterocycles. The van der Waals surface area contributed by atoms with Crippen LogP contribution in [0.4, 0.5) is 0 Å². The molecule has 0 radical (unpaired) electrons. The highest BCUT2D eigenvalue weighted by atomic mass is 16.7. The predicted octanol–water partition coefficient (Wildman–Crippen LogP) is 4.62. The smallest absolute Gasteiger partial charge is 0.167 e. The third-order valence-corrected chi connectivity index (χ3v) is 3.21. The van der Waals surface area contributed by atoms with Crippen molar-refractivity contribution >= 4 is 0 Å². The average molecular weight is 264 g/mol. The highest BCUT2D eigenvalue weighted by Gasteiger charge is 2.35. The van der Waals surface area contributed by atoms with Gasteiger partial charge in [-0.05, 0) is 52.2 Å². The third kappa shape index (κ3) is 5.78. The molecule has 108 valence electrons. The molecule has 0 unspecified atom stereocenters. The molecule has 0 saturated carbocycles. The highest BCUT2D eigenvalue weighted by Crippen LogP contribution is 2.30. The molecule has 2 heteroatoms. The fourth-order valence-electron chi connectivity index (χ4n) is 1.93. The quantitative estimate of drug-likeness (QED) is 0.533.